The molecule has 1 heterocycles. The molecule has 0 amide bonds. The number of rotatable bonds is 6. The summed E-state index contributed by atoms with van der Waals surface area (Å²) < 4.78 is 1.16. The Kier molecular flexibility index (Phi) is 4.58. The maximum absolute atomic E-state index is 4.50. The van der Waals surface area contributed by atoms with Crippen molar-refractivity contribution in [3.05, 3.63) is 44.8 Å². The lowest BCUT2D eigenvalue weighted by molar-refractivity contribution is 0.694. The fourth-order valence-corrected chi connectivity index (χ4v) is 4.17. The van der Waals surface area contributed by atoms with Gasteiger partial charge < -0.3 is 5.32 Å². The van der Waals surface area contributed by atoms with Crippen LogP contribution in [0.5, 0.6) is 0 Å². The zero-order valence-corrected chi connectivity index (χ0v) is 13.7. The largest absolute Gasteiger partial charge is 0.309 e. The van der Waals surface area contributed by atoms with Crippen LogP contribution in [0, 0.1) is 0 Å². The number of nitrogens with zero attached hydrogens (tertiary/aromatic N) is 1. The molecule has 0 radical (unpaired) electrons. The van der Waals surface area contributed by atoms with E-state index in [2.05, 4.69) is 44.4 Å². The van der Waals surface area contributed by atoms with Crippen LogP contribution in [-0.4, -0.2) is 11.0 Å². The van der Waals surface area contributed by atoms with Gasteiger partial charge in [-0.15, -0.1) is 23.1 Å². The van der Waals surface area contributed by atoms with Gasteiger partial charge in [-0.2, -0.15) is 0 Å². The van der Waals surface area contributed by atoms with Gasteiger partial charge >= 0.3 is 0 Å². The molecule has 1 saturated carbocycles. The van der Waals surface area contributed by atoms with Gasteiger partial charge in [-0.05, 0) is 40.9 Å². The summed E-state index contributed by atoms with van der Waals surface area (Å²) in [7, 11) is 0. The quantitative estimate of drug-likeness (QED) is 0.775. The number of hydrogen-bond acceptors (Lipinski definition) is 4. The van der Waals surface area contributed by atoms with Gasteiger partial charge in [0.1, 0.15) is 5.01 Å². The number of benzene rings is 1. The minimum atomic E-state index is 0.764. The molecule has 1 aliphatic rings. The molecular formula is C14H15BrN2S2. The molecule has 19 heavy (non-hydrogen) atoms. The molecule has 2 nitrogen and oxygen atoms in total. The predicted molar refractivity (Wildman–Crippen MR) is 85.7 cm³/mol. The lowest BCUT2D eigenvalue weighted by Crippen LogP contribution is -2.14. The summed E-state index contributed by atoms with van der Waals surface area (Å²) in [5.41, 5.74) is 0. The molecule has 1 fully saturated rings. The molecule has 1 N–H and O–H groups in total. The van der Waals surface area contributed by atoms with E-state index in [0.717, 1.165) is 22.8 Å². The number of halogens is 1. The number of hydrogen-bond donors (Lipinski definition) is 1. The van der Waals surface area contributed by atoms with E-state index in [1.165, 1.54) is 27.6 Å². The van der Waals surface area contributed by atoms with Crippen molar-refractivity contribution in [1.82, 2.24) is 10.3 Å². The standard InChI is InChI=1S/C14H15BrN2S2/c15-12-3-1-2-4-13(12)18-9-14-17-8-11(19-14)7-16-10-5-6-10/h1-4,8,10,16H,5-7,9H2. The lowest BCUT2D eigenvalue weighted by atomic mass is 10.4. The molecule has 1 aliphatic carbocycles. The lowest BCUT2D eigenvalue weighted by Gasteiger charge is -2.01. The molecule has 0 unspecified atom stereocenters. The third kappa shape index (κ3) is 4.05. The van der Waals surface area contributed by atoms with E-state index in [4.69, 9.17) is 0 Å². The van der Waals surface area contributed by atoms with Crippen molar-refractivity contribution in [3.8, 4) is 0 Å². The Morgan fingerprint density at radius 2 is 2.21 bits per heavy atom. The third-order valence-electron chi connectivity index (χ3n) is 2.93. The van der Waals surface area contributed by atoms with E-state index in [0.29, 0.717) is 0 Å². The van der Waals surface area contributed by atoms with Gasteiger partial charge in [0.25, 0.3) is 0 Å². The first-order chi connectivity index (χ1) is 9.31. The fraction of sp³-hybridized carbons (Fsp3) is 0.357. The Balaban J connectivity index is 1.53. The predicted octanol–water partition coefficient (Wildman–Crippen LogP) is 4.45. The van der Waals surface area contributed by atoms with E-state index >= 15 is 0 Å². The third-order valence-corrected chi connectivity index (χ3v) is 6.15. The van der Waals surface area contributed by atoms with Gasteiger partial charge in [-0.1, -0.05) is 12.1 Å². The van der Waals surface area contributed by atoms with Gasteiger partial charge in [0.2, 0.25) is 0 Å². The normalized spacial score (nSPS) is 14.8. The molecule has 0 saturated heterocycles. The van der Waals surface area contributed by atoms with Crippen molar-refractivity contribution in [3.63, 3.8) is 0 Å². The van der Waals surface area contributed by atoms with Crippen LogP contribution in [0.25, 0.3) is 0 Å². The second-order valence-electron chi connectivity index (χ2n) is 4.59. The van der Waals surface area contributed by atoms with E-state index in [9.17, 15) is 0 Å². The van der Waals surface area contributed by atoms with Gasteiger partial charge in [0.05, 0.1) is 5.75 Å². The monoisotopic (exact) mass is 354 g/mol. The van der Waals surface area contributed by atoms with Crippen LogP contribution in [0.3, 0.4) is 0 Å². The summed E-state index contributed by atoms with van der Waals surface area (Å²) in [5.74, 6) is 0.941. The molecule has 0 atom stereocenters. The number of aromatic nitrogens is 1. The van der Waals surface area contributed by atoms with Crippen LogP contribution in [0.4, 0.5) is 0 Å². The molecule has 0 bridgehead atoms. The highest BCUT2D eigenvalue weighted by Gasteiger charge is 2.20. The van der Waals surface area contributed by atoms with Crippen molar-refractivity contribution >= 4 is 39.0 Å². The number of nitrogens with one attached hydrogen (secondary N) is 1. The summed E-state index contributed by atoms with van der Waals surface area (Å²) in [4.78, 5) is 7.12. The molecule has 1 aromatic carbocycles. The highest BCUT2D eigenvalue weighted by atomic mass is 79.9. The molecule has 5 heteroatoms. The van der Waals surface area contributed by atoms with Crippen molar-refractivity contribution in [2.75, 3.05) is 0 Å². The minimum absolute atomic E-state index is 0.764. The van der Waals surface area contributed by atoms with Gasteiger partial charge in [-0.25, -0.2) is 4.98 Å². The van der Waals surface area contributed by atoms with Gasteiger partial charge in [0.15, 0.2) is 0 Å². The molecule has 3 rings (SSSR count). The zero-order chi connectivity index (χ0) is 13.1. The molecule has 100 valence electrons. The molecular weight excluding hydrogens is 340 g/mol. The van der Waals surface area contributed by atoms with E-state index < -0.39 is 0 Å². The Hall–Kier alpha value is -0.360. The van der Waals surface area contributed by atoms with Gasteiger partial charge in [-0.3, -0.25) is 0 Å². The van der Waals surface area contributed by atoms with Gasteiger partial charge in [0, 0.05) is 33.0 Å². The first-order valence-electron chi connectivity index (χ1n) is 6.35. The van der Waals surface area contributed by atoms with Crippen molar-refractivity contribution in [1.29, 1.82) is 0 Å². The highest BCUT2D eigenvalue weighted by Crippen LogP contribution is 2.31. The first-order valence-corrected chi connectivity index (χ1v) is 8.95. The van der Waals surface area contributed by atoms with Crippen LogP contribution < -0.4 is 5.32 Å². The minimum Gasteiger partial charge on any atom is -0.309 e. The topological polar surface area (TPSA) is 24.9 Å². The Labute approximate surface area is 130 Å². The average molecular weight is 355 g/mol. The number of thioether (sulfide) groups is 1. The highest BCUT2D eigenvalue weighted by molar-refractivity contribution is 9.10. The summed E-state index contributed by atoms with van der Waals surface area (Å²) in [6, 6.07) is 9.09. The maximum Gasteiger partial charge on any atom is 0.103 e. The van der Waals surface area contributed by atoms with Crippen LogP contribution >= 0.6 is 39.0 Å². The second-order valence-corrected chi connectivity index (χ2v) is 7.67. The fourth-order valence-electron chi connectivity index (χ4n) is 1.73. The second kappa shape index (κ2) is 6.39. The van der Waals surface area contributed by atoms with E-state index in [-0.39, 0.29) is 0 Å². The summed E-state index contributed by atoms with van der Waals surface area (Å²) in [6.45, 7) is 0.974. The molecule has 0 spiro atoms. The van der Waals surface area contributed by atoms with Crippen molar-refractivity contribution in [2.45, 2.75) is 36.1 Å². The van der Waals surface area contributed by atoms with Crippen LogP contribution in [0.1, 0.15) is 22.7 Å². The summed E-state index contributed by atoms with van der Waals surface area (Å²) >= 11 is 7.22. The van der Waals surface area contributed by atoms with Crippen molar-refractivity contribution < 1.29 is 0 Å². The zero-order valence-electron chi connectivity index (χ0n) is 10.4. The number of thiazole rings is 1. The Morgan fingerprint density at radius 3 is 3.00 bits per heavy atom. The van der Waals surface area contributed by atoms with Crippen LogP contribution in [0.2, 0.25) is 0 Å². The van der Waals surface area contributed by atoms with Crippen LogP contribution in [-0.2, 0) is 12.3 Å². The SMILES string of the molecule is Brc1ccccc1SCc1ncc(CNC2CC2)s1. The first kappa shape index (κ1) is 13.6. The maximum atomic E-state index is 4.50. The summed E-state index contributed by atoms with van der Waals surface area (Å²) in [5, 5.41) is 4.73. The van der Waals surface area contributed by atoms with Crippen LogP contribution in [0.15, 0.2) is 39.8 Å². The average Bonchev–Trinajstić information content (AvgIpc) is 3.14. The molecule has 0 aliphatic heterocycles. The Morgan fingerprint density at radius 1 is 1.37 bits per heavy atom. The van der Waals surface area contributed by atoms with E-state index in [1.807, 2.05) is 35.4 Å². The molecule has 2 aromatic rings. The van der Waals surface area contributed by atoms with E-state index in [1.54, 1.807) is 0 Å². The Bertz CT molecular complexity index is 552. The molecule has 1 aromatic heterocycles. The van der Waals surface area contributed by atoms with Crippen molar-refractivity contribution in [2.24, 2.45) is 0 Å². The summed E-state index contributed by atoms with van der Waals surface area (Å²) in [6.07, 6.45) is 4.68. The smallest absolute Gasteiger partial charge is 0.103 e.